The summed E-state index contributed by atoms with van der Waals surface area (Å²) in [5.41, 5.74) is 0. The smallest absolute Gasteiger partial charge is 0 e. The van der Waals surface area contributed by atoms with Crippen LogP contribution in [0.2, 0.25) is 0 Å². The number of thiol groups is 1. The van der Waals surface area contributed by atoms with Crippen LogP contribution in [0.15, 0.2) is 0 Å². The molecule has 0 saturated heterocycles. The Balaban J connectivity index is 0.00000200. The minimum Gasteiger partial charge on any atom is 0 e. The third-order valence-electron chi connectivity index (χ3n) is 4.11. The molecule has 0 aliphatic heterocycles. The van der Waals surface area contributed by atoms with Gasteiger partial charge in [-0.05, 0) is 0 Å². The summed E-state index contributed by atoms with van der Waals surface area (Å²) in [6.07, 6.45) is 4.89. The van der Waals surface area contributed by atoms with E-state index in [1.54, 1.807) is 0 Å². The normalized spacial score (nSPS) is 27.4. The van der Waals surface area contributed by atoms with Crippen LogP contribution in [-0.4, -0.2) is 65.0 Å². The molecule has 0 aromatic rings. The molecule has 115 valence electrons. The van der Waals surface area contributed by atoms with Gasteiger partial charge in [0.15, 0.2) is 0 Å². The van der Waals surface area contributed by atoms with Gasteiger partial charge < -0.3 is 0 Å². The van der Waals surface area contributed by atoms with Crippen molar-refractivity contribution >= 4 is 56.0 Å². The third-order valence-corrected chi connectivity index (χ3v) is 7.78. The molecule has 20 heavy (non-hydrogen) atoms. The van der Waals surface area contributed by atoms with Crippen LogP contribution >= 0.6 is 7.81 Å². The molecule has 2 aliphatic carbocycles. The molecule has 0 amide bonds. The monoisotopic (exact) mass is 530 g/mol. The van der Waals surface area contributed by atoms with Gasteiger partial charge in [0, 0.05) is 27.3 Å². The molecule has 0 aromatic carbocycles. The summed E-state index contributed by atoms with van der Waals surface area (Å²) in [5.74, 6) is 0. The predicted molar refractivity (Wildman–Crippen MR) is 85.9 cm³/mol. The van der Waals surface area contributed by atoms with Crippen LogP contribution in [0.4, 0.5) is 0 Å². The number of hydrogen-bond donors (Lipinski definition) is 0. The van der Waals surface area contributed by atoms with Crippen LogP contribution in [-0.2, 0) is 29.8 Å². The van der Waals surface area contributed by atoms with Crippen molar-refractivity contribution in [3.63, 3.8) is 0 Å². The Hall–Kier alpha value is 1.57. The summed E-state index contributed by atoms with van der Waals surface area (Å²) in [6.45, 7) is 3.15. The number of rotatable bonds is 8. The Bertz CT molecular complexity index is 453. The van der Waals surface area contributed by atoms with E-state index in [4.69, 9.17) is 8.92 Å². The first-order valence-electron chi connectivity index (χ1n) is 6.87. The summed E-state index contributed by atoms with van der Waals surface area (Å²) in [6, 6.07) is 0. The maximum absolute atomic E-state index is 12.6. The molecule has 0 N–H and O–H groups in total. The second-order valence-corrected chi connectivity index (χ2v) is 9.02. The van der Waals surface area contributed by atoms with E-state index >= 15 is 0 Å². The fourth-order valence-electron chi connectivity index (χ4n) is 2.43. The second-order valence-electron chi connectivity index (χ2n) is 5.54. The fourth-order valence-corrected chi connectivity index (χ4v) is 5.70. The molecule has 0 spiro atoms. The third kappa shape index (κ3) is 4.31. The molecule has 2 rings (SSSR count). The van der Waals surface area contributed by atoms with Gasteiger partial charge in [0.1, 0.15) is 0 Å². The Labute approximate surface area is 147 Å². The number of hydrogen-bond acceptors (Lipinski definition) is 5. The van der Waals surface area contributed by atoms with E-state index in [9.17, 15) is 8.42 Å². The van der Waals surface area contributed by atoms with Crippen molar-refractivity contribution < 1.29 is 17.3 Å². The Kier molecular flexibility index (Phi) is 8.27. The number of sulfone groups is 1. The largest absolute Gasteiger partial charge is 0 e. The van der Waals surface area contributed by atoms with Crippen molar-refractivity contribution in [1.82, 2.24) is 0 Å². The van der Waals surface area contributed by atoms with Crippen LogP contribution in [0, 0.1) is 0 Å². The zero-order valence-electron chi connectivity index (χ0n) is 11.8. The van der Waals surface area contributed by atoms with Crippen molar-refractivity contribution in [2.45, 2.75) is 61.5 Å². The summed E-state index contributed by atoms with van der Waals surface area (Å²) in [4.78, 5) is 0. The van der Waals surface area contributed by atoms with Crippen molar-refractivity contribution in [2.75, 3.05) is 13.2 Å². The zero-order valence-corrected chi connectivity index (χ0v) is 18.9. The van der Waals surface area contributed by atoms with E-state index < -0.39 is 14.6 Å². The first-order chi connectivity index (χ1) is 9.05. The van der Waals surface area contributed by atoms with E-state index in [2.05, 4.69) is 14.7 Å². The van der Waals surface area contributed by atoms with Gasteiger partial charge in [0.2, 0.25) is 0 Å². The molecule has 0 heterocycles. The van der Waals surface area contributed by atoms with Crippen LogP contribution in [0.5, 0.6) is 0 Å². The summed E-state index contributed by atoms with van der Waals surface area (Å²) >= 11 is 0.581. The maximum atomic E-state index is 12.6. The van der Waals surface area contributed by atoms with E-state index in [0.717, 1.165) is 25.7 Å². The van der Waals surface area contributed by atoms with Crippen molar-refractivity contribution in [3.8, 4) is 0 Å². The van der Waals surface area contributed by atoms with Crippen molar-refractivity contribution in [2.24, 2.45) is 0 Å². The van der Waals surface area contributed by atoms with Gasteiger partial charge in [0.05, 0.1) is 0 Å². The Morgan fingerprint density at radius 3 is 2.50 bits per heavy atom. The van der Waals surface area contributed by atoms with E-state index in [0.29, 0.717) is 37.1 Å². The summed E-state index contributed by atoms with van der Waals surface area (Å²) < 4.78 is 35.4. The molecule has 0 unspecified atom stereocenters. The average Bonchev–Trinajstić information content (AvgIpc) is 3.10. The van der Waals surface area contributed by atoms with Gasteiger partial charge in [-0.15, -0.1) is 0 Å². The second kappa shape index (κ2) is 8.43. The van der Waals surface area contributed by atoms with E-state index in [-0.39, 0.29) is 38.7 Å². The van der Waals surface area contributed by atoms with Gasteiger partial charge in [-0.3, -0.25) is 0 Å². The zero-order chi connectivity index (χ0) is 13.9. The molecule has 2 aliphatic rings. The molecule has 0 atom stereocenters. The molecular weight excluding hydrogens is 508 g/mol. The standard InChI is InChI=1S/C12H22O4PS2.Tl/c1-2-3-6-15-9-12(4-5-12)19(13,14)11-7-10(8-11)16-18-17;/h10-11,18H,2-9H2,1H3;/q-1;. The molecule has 1 radical (unpaired) electrons. The number of ether oxygens (including phenoxy) is 1. The first-order valence-corrected chi connectivity index (χ1v) is 10.4. The Morgan fingerprint density at radius 2 is 2.00 bits per heavy atom. The maximum Gasteiger partial charge on any atom is 0 e. The van der Waals surface area contributed by atoms with Gasteiger partial charge >= 0.3 is 114 Å². The van der Waals surface area contributed by atoms with Crippen LogP contribution in [0.1, 0.15) is 45.4 Å². The van der Waals surface area contributed by atoms with Crippen molar-refractivity contribution in [1.29, 1.82) is 0 Å². The SMILES string of the molecule is CCCCOCC1(S(=O)(=O)C2CC(O[SH-]#P)C2)CC1.[Tl]. The minimum absolute atomic E-state index is 0. The summed E-state index contributed by atoms with van der Waals surface area (Å²) in [7, 11) is 0.904. The molecule has 0 aromatic heterocycles. The van der Waals surface area contributed by atoms with E-state index in [1.807, 2.05) is 0 Å². The molecule has 4 nitrogen and oxygen atoms in total. The molecular formula is C12H22O4PS2Tl-. The minimum atomic E-state index is -3.06. The van der Waals surface area contributed by atoms with E-state index in [1.165, 1.54) is 0 Å². The molecule has 2 saturated carbocycles. The van der Waals surface area contributed by atoms with Gasteiger partial charge in [-0.25, -0.2) is 0 Å². The first kappa shape index (κ1) is 19.6. The quantitative estimate of drug-likeness (QED) is 0.159. The van der Waals surface area contributed by atoms with Gasteiger partial charge in [-0.2, -0.15) is 0 Å². The molecule has 8 heteroatoms. The van der Waals surface area contributed by atoms with Gasteiger partial charge in [-0.1, -0.05) is 6.92 Å². The van der Waals surface area contributed by atoms with Gasteiger partial charge in [0.25, 0.3) is 0 Å². The average molecular weight is 530 g/mol. The molecule has 2 fully saturated rings. The number of unbranched alkanes of at least 4 members (excludes halogenated alkanes) is 1. The van der Waals surface area contributed by atoms with Crippen molar-refractivity contribution in [3.05, 3.63) is 0 Å². The van der Waals surface area contributed by atoms with Crippen LogP contribution < -0.4 is 0 Å². The summed E-state index contributed by atoms with van der Waals surface area (Å²) in [5, 5.41) is -0.232. The van der Waals surface area contributed by atoms with Crippen LogP contribution in [0.25, 0.3) is 0 Å². The Morgan fingerprint density at radius 1 is 1.35 bits per heavy atom. The fraction of sp³-hybridized carbons (Fsp3) is 1.00. The molecule has 0 bridgehead atoms. The van der Waals surface area contributed by atoms with Crippen LogP contribution in [0.3, 0.4) is 0 Å². The topological polar surface area (TPSA) is 52.6 Å². The predicted octanol–water partition coefficient (Wildman–Crippen LogP) is 1.97.